The van der Waals surface area contributed by atoms with Gasteiger partial charge in [-0.3, -0.25) is 0 Å². The summed E-state index contributed by atoms with van der Waals surface area (Å²) in [6.45, 7) is 2.27. The maximum atomic E-state index is 10.2. The lowest BCUT2D eigenvalue weighted by Gasteiger charge is -2.35. The molecule has 0 saturated carbocycles. The van der Waals surface area contributed by atoms with Gasteiger partial charge < -0.3 is 9.84 Å². The van der Waals surface area contributed by atoms with E-state index in [9.17, 15) is 5.11 Å². The molecule has 0 aromatic heterocycles. The van der Waals surface area contributed by atoms with Crippen molar-refractivity contribution in [3.8, 4) is 0 Å². The Balaban J connectivity index is 2.04. The lowest BCUT2D eigenvalue weighted by molar-refractivity contribution is 0.0316. The molecule has 0 aliphatic rings. The first-order valence-corrected chi connectivity index (χ1v) is 10.8. The molecule has 2 nitrogen and oxygen atoms in total. The van der Waals surface area contributed by atoms with Gasteiger partial charge in [-0.05, 0) is 33.3 Å². The molecule has 29 heavy (non-hydrogen) atoms. The quantitative estimate of drug-likeness (QED) is 0.227. The Kier molecular flexibility index (Phi) is 7.81. The summed E-state index contributed by atoms with van der Waals surface area (Å²) in [5.41, 5.74) is 3.36. The Morgan fingerprint density at radius 1 is 0.862 bits per heavy atom. The van der Waals surface area contributed by atoms with E-state index in [2.05, 4.69) is 59.0 Å². The largest absolute Gasteiger partial charge is 0.385 e. The molecule has 3 aromatic carbocycles. The van der Waals surface area contributed by atoms with Crippen LogP contribution in [0.1, 0.15) is 23.6 Å². The number of aliphatic hydroxyl groups excluding tert-OH is 1. The first kappa shape index (κ1) is 21.5. The van der Waals surface area contributed by atoms with E-state index in [0.717, 1.165) is 22.3 Å². The van der Waals surface area contributed by atoms with Crippen LogP contribution >= 0.6 is 22.6 Å². The summed E-state index contributed by atoms with van der Waals surface area (Å²) < 4.78 is 8.52. The van der Waals surface area contributed by atoms with Gasteiger partial charge in [0.1, 0.15) is 5.60 Å². The van der Waals surface area contributed by atoms with Crippen molar-refractivity contribution in [1.29, 1.82) is 0 Å². The molecule has 0 saturated heterocycles. The third-order valence-electron chi connectivity index (χ3n) is 4.89. The van der Waals surface area contributed by atoms with Crippen LogP contribution in [0.25, 0.3) is 0 Å². The van der Waals surface area contributed by atoms with E-state index in [0.29, 0.717) is 6.61 Å². The molecular weight excluding hydrogens is 471 g/mol. The Morgan fingerprint density at radius 2 is 1.28 bits per heavy atom. The SMILES string of the molecule is C/C(=C/I)[C@@H](O)/C=C/COC(c1ccccc1)(c1ccccc1)c1ccccc1. The number of rotatable bonds is 8. The van der Waals surface area contributed by atoms with Crippen LogP contribution in [0, 0.1) is 0 Å². The monoisotopic (exact) mass is 496 g/mol. The van der Waals surface area contributed by atoms with Gasteiger partial charge in [0.25, 0.3) is 0 Å². The first-order valence-electron chi connectivity index (χ1n) is 9.60. The maximum Gasteiger partial charge on any atom is 0.144 e. The van der Waals surface area contributed by atoms with Gasteiger partial charge in [0.2, 0.25) is 0 Å². The maximum absolute atomic E-state index is 10.2. The van der Waals surface area contributed by atoms with Crippen molar-refractivity contribution < 1.29 is 9.84 Å². The summed E-state index contributed by atoms with van der Waals surface area (Å²) in [4.78, 5) is 0. The second kappa shape index (κ2) is 10.5. The molecule has 0 radical (unpaired) electrons. The fourth-order valence-corrected chi connectivity index (χ4v) is 3.71. The zero-order valence-corrected chi connectivity index (χ0v) is 18.6. The van der Waals surface area contributed by atoms with Crippen LogP contribution in [0.15, 0.2) is 113 Å². The summed E-state index contributed by atoms with van der Waals surface area (Å²) in [6.07, 6.45) is 3.06. The number of hydrogen-bond acceptors (Lipinski definition) is 2. The third kappa shape index (κ3) is 5.04. The molecule has 3 rings (SSSR count). The molecule has 0 bridgehead atoms. The zero-order chi connectivity index (χ0) is 20.5. The number of aliphatic hydroxyl groups is 1. The van der Waals surface area contributed by atoms with E-state index >= 15 is 0 Å². The van der Waals surface area contributed by atoms with Gasteiger partial charge in [-0.15, -0.1) is 0 Å². The predicted octanol–water partition coefficient (Wildman–Crippen LogP) is 6.25. The number of halogens is 1. The van der Waals surface area contributed by atoms with Crippen LogP contribution in [0.4, 0.5) is 0 Å². The van der Waals surface area contributed by atoms with E-state index in [1.165, 1.54) is 0 Å². The van der Waals surface area contributed by atoms with Gasteiger partial charge in [0, 0.05) is 0 Å². The molecule has 0 fully saturated rings. The predicted molar refractivity (Wildman–Crippen MR) is 128 cm³/mol. The number of hydrogen-bond donors (Lipinski definition) is 1. The van der Waals surface area contributed by atoms with E-state index in [1.54, 1.807) is 6.08 Å². The average molecular weight is 496 g/mol. The average Bonchev–Trinajstić information content (AvgIpc) is 2.80. The molecule has 3 heteroatoms. The van der Waals surface area contributed by atoms with Crippen molar-refractivity contribution >= 4 is 22.6 Å². The van der Waals surface area contributed by atoms with Crippen molar-refractivity contribution in [3.63, 3.8) is 0 Å². The molecule has 148 valence electrons. The van der Waals surface area contributed by atoms with Crippen molar-refractivity contribution in [2.75, 3.05) is 6.61 Å². The molecule has 0 amide bonds. The highest BCUT2D eigenvalue weighted by molar-refractivity contribution is 14.1. The van der Waals surface area contributed by atoms with Crippen LogP contribution in [0.3, 0.4) is 0 Å². The smallest absolute Gasteiger partial charge is 0.144 e. The molecule has 0 spiro atoms. The fourth-order valence-electron chi connectivity index (χ4n) is 3.34. The van der Waals surface area contributed by atoms with E-state index in [4.69, 9.17) is 4.74 Å². The van der Waals surface area contributed by atoms with Crippen LogP contribution in [-0.2, 0) is 10.3 Å². The highest BCUT2D eigenvalue weighted by Crippen LogP contribution is 2.40. The molecule has 1 N–H and O–H groups in total. The molecule has 1 atom stereocenters. The van der Waals surface area contributed by atoms with Gasteiger partial charge in [-0.25, -0.2) is 0 Å². The molecule has 0 unspecified atom stereocenters. The van der Waals surface area contributed by atoms with Crippen LogP contribution < -0.4 is 0 Å². The molecule has 0 aliphatic carbocycles. The van der Waals surface area contributed by atoms with Crippen molar-refractivity contribution in [3.05, 3.63) is 129 Å². The van der Waals surface area contributed by atoms with E-state index < -0.39 is 11.7 Å². The Hall–Kier alpha value is -2.21. The summed E-state index contributed by atoms with van der Waals surface area (Å²) >= 11 is 2.14. The normalized spacial score (nSPS) is 13.6. The highest BCUT2D eigenvalue weighted by atomic mass is 127. The van der Waals surface area contributed by atoms with Crippen LogP contribution in [0.2, 0.25) is 0 Å². The topological polar surface area (TPSA) is 29.5 Å². The van der Waals surface area contributed by atoms with Crippen LogP contribution in [0.5, 0.6) is 0 Å². The number of ether oxygens (including phenoxy) is 1. The fraction of sp³-hybridized carbons (Fsp3) is 0.154. The molecule has 3 aromatic rings. The van der Waals surface area contributed by atoms with Crippen molar-refractivity contribution in [2.45, 2.75) is 18.6 Å². The van der Waals surface area contributed by atoms with Crippen LogP contribution in [-0.4, -0.2) is 17.8 Å². The lowest BCUT2D eigenvalue weighted by Crippen LogP contribution is -2.33. The number of benzene rings is 3. The zero-order valence-electron chi connectivity index (χ0n) is 16.4. The minimum absolute atomic E-state index is 0.365. The third-order valence-corrected chi connectivity index (χ3v) is 5.88. The first-order chi connectivity index (χ1) is 14.2. The standard InChI is InChI=1S/C26H25IO2/c1-21(20-27)25(28)18-11-19-29-26(22-12-5-2-6-13-22,23-14-7-3-8-15-23)24-16-9-4-10-17-24/h2-18,20,25,28H,19H2,1H3/b18-11+,21-20-/t25-/m0/s1. The summed E-state index contributed by atoms with van der Waals surface area (Å²) in [6, 6.07) is 30.8. The second-order valence-electron chi connectivity index (χ2n) is 6.82. The molecule has 0 aliphatic heterocycles. The van der Waals surface area contributed by atoms with Crippen molar-refractivity contribution in [2.24, 2.45) is 0 Å². The van der Waals surface area contributed by atoms with E-state index in [1.807, 2.05) is 71.7 Å². The summed E-state index contributed by atoms with van der Waals surface area (Å²) in [5.74, 6) is 0. The van der Waals surface area contributed by atoms with Crippen molar-refractivity contribution in [1.82, 2.24) is 0 Å². The van der Waals surface area contributed by atoms with Gasteiger partial charge in [-0.1, -0.05) is 126 Å². The summed E-state index contributed by atoms with van der Waals surface area (Å²) in [7, 11) is 0. The molecule has 0 heterocycles. The van der Waals surface area contributed by atoms with Gasteiger partial charge in [0.05, 0.1) is 12.7 Å². The van der Waals surface area contributed by atoms with Gasteiger partial charge in [-0.2, -0.15) is 0 Å². The molecular formula is C26H25IO2. The lowest BCUT2D eigenvalue weighted by atomic mass is 9.80. The second-order valence-corrected chi connectivity index (χ2v) is 7.44. The Morgan fingerprint density at radius 3 is 1.66 bits per heavy atom. The minimum Gasteiger partial charge on any atom is -0.385 e. The van der Waals surface area contributed by atoms with Gasteiger partial charge in [0.15, 0.2) is 0 Å². The highest BCUT2D eigenvalue weighted by Gasteiger charge is 2.37. The summed E-state index contributed by atoms with van der Waals surface area (Å²) in [5, 5.41) is 10.2. The minimum atomic E-state index is -0.743. The van der Waals surface area contributed by atoms with Gasteiger partial charge >= 0.3 is 0 Å². The Bertz CT molecular complexity index is 838. The van der Waals surface area contributed by atoms with E-state index in [-0.39, 0.29) is 0 Å². The Labute approximate surface area is 186 Å².